The third kappa shape index (κ3) is 16.0. The zero-order valence-corrected chi connectivity index (χ0v) is 53.4. The van der Waals surface area contributed by atoms with Crippen LogP contribution in [0.2, 0.25) is 0 Å². The molecule has 0 radical (unpaired) electrons. The molecule has 0 unspecified atom stereocenters. The number of amides is 2. The van der Waals surface area contributed by atoms with E-state index < -0.39 is 11.8 Å². The van der Waals surface area contributed by atoms with Crippen molar-refractivity contribution in [2.75, 3.05) is 21.7 Å². The summed E-state index contributed by atoms with van der Waals surface area (Å²) in [5, 5.41) is 13.2. The van der Waals surface area contributed by atoms with Gasteiger partial charge in [0.05, 0.1) is 88.0 Å². The first kappa shape index (κ1) is 64.1. The van der Waals surface area contributed by atoms with Gasteiger partial charge in [0, 0.05) is 72.5 Å². The molecular formula is C79H64N18O2. The number of primary amides is 2. The minimum atomic E-state index is -0.413. The lowest BCUT2D eigenvalue weighted by molar-refractivity contribution is -0.118. The Labute approximate surface area is 569 Å². The van der Waals surface area contributed by atoms with Gasteiger partial charge >= 0.3 is 0 Å². The molecule has 482 valence electrons. The Morgan fingerprint density at radius 3 is 0.960 bits per heavy atom. The third-order valence-corrected chi connectivity index (χ3v) is 15.8. The Hall–Kier alpha value is -13.6. The molecule has 20 nitrogen and oxygen atoms in total. The summed E-state index contributed by atoms with van der Waals surface area (Å²) in [4.78, 5) is 77.9. The number of hydrogen-bond acceptors (Lipinski definition) is 18. The molecule has 0 aliphatic heterocycles. The molecule has 0 bridgehead atoms. The Morgan fingerprint density at radius 2 is 0.646 bits per heavy atom. The van der Waals surface area contributed by atoms with E-state index >= 15 is 0 Å². The fraction of sp³-hybridized carbons (Fsp3) is 0.0633. The van der Waals surface area contributed by atoms with Crippen LogP contribution in [-0.2, 0) is 42.1 Å². The molecule has 9 aromatic heterocycles. The summed E-state index contributed by atoms with van der Waals surface area (Å²) in [6.07, 6.45) is 15.5. The number of nitrogens with two attached hydrogens (primary N) is 3. The van der Waals surface area contributed by atoms with Crippen LogP contribution in [-0.4, -0.2) is 71.6 Å². The molecule has 15 aromatic rings. The number of benzene rings is 6. The van der Waals surface area contributed by atoms with E-state index in [1.165, 1.54) is 0 Å². The van der Waals surface area contributed by atoms with Crippen LogP contribution in [0.25, 0.3) is 100 Å². The minimum Gasteiger partial charge on any atom is -0.397 e. The molecule has 0 saturated carbocycles. The van der Waals surface area contributed by atoms with E-state index in [2.05, 4.69) is 100 Å². The van der Waals surface area contributed by atoms with Crippen molar-refractivity contribution in [3.8, 4) is 67.5 Å². The number of nitrogens with zero attached hydrogens (tertiary/aromatic N) is 12. The van der Waals surface area contributed by atoms with Crippen LogP contribution in [0.4, 0.5) is 23.1 Å². The zero-order valence-electron chi connectivity index (χ0n) is 53.4. The van der Waals surface area contributed by atoms with Gasteiger partial charge in [-0.05, 0) is 117 Å². The highest BCUT2D eigenvalue weighted by Crippen LogP contribution is 2.38. The summed E-state index contributed by atoms with van der Waals surface area (Å²) in [6.45, 7) is 1.57. The van der Waals surface area contributed by atoms with Gasteiger partial charge < -0.3 is 33.2 Å². The quantitative estimate of drug-likeness (QED) is 0.0438. The summed E-state index contributed by atoms with van der Waals surface area (Å²) in [5.74, 6) is 2.91. The van der Waals surface area contributed by atoms with E-state index in [9.17, 15) is 9.59 Å². The molecule has 0 saturated heterocycles. The third-order valence-electron chi connectivity index (χ3n) is 15.8. The molecule has 99 heavy (non-hydrogen) atoms. The maximum absolute atomic E-state index is 11.4. The number of anilines is 4. The molecule has 9 heterocycles. The second-order valence-electron chi connectivity index (χ2n) is 22.9. The van der Waals surface area contributed by atoms with E-state index in [1.807, 2.05) is 164 Å². The molecule has 15 rings (SSSR count). The second kappa shape index (κ2) is 30.6. The van der Waals surface area contributed by atoms with Crippen LogP contribution in [0.15, 0.2) is 274 Å². The molecule has 0 aliphatic rings. The van der Waals surface area contributed by atoms with E-state index in [1.54, 1.807) is 55.8 Å². The van der Waals surface area contributed by atoms with Crippen molar-refractivity contribution in [3.05, 3.63) is 302 Å². The standard InChI is InChI=1S/2C27H22N6O.C25H20N6/c2*28-24(34)14-18-13-20(16-29-15-18)26-32-23-11-6-10-22(19-7-2-1-3-8-19)25(23)27(33-26)31-17-21-9-4-5-12-30-21;26-19-13-18(14-27-15-19)24-30-22-11-6-10-21(17-7-2-1-3-8-17)23(22)25(31-24)29-16-20-9-4-5-12-28-20/h2*1-13,15-16H,14,17H2,(H2,28,34)(H,31,32,33);1-15H,16,26H2,(H,29,30,31). The fourth-order valence-electron chi connectivity index (χ4n) is 11.3. The van der Waals surface area contributed by atoms with E-state index in [4.69, 9.17) is 47.1 Å². The molecule has 6 aromatic carbocycles. The van der Waals surface area contributed by atoms with Gasteiger partial charge in [0.1, 0.15) is 17.5 Å². The van der Waals surface area contributed by atoms with Crippen LogP contribution >= 0.6 is 0 Å². The lowest BCUT2D eigenvalue weighted by atomic mass is 10.0. The summed E-state index contributed by atoms with van der Waals surface area (Å²) in [6, 6.07) is 71.8. The number of carbonyl (C=O) groups is 2. The van der Waals surface area contributed by atoms with Gasteiger partial charge in [-0.3, -0.25) is 39.5 Å². The van der Waals surface area contributed by atoms with Crippen molar-refractivity contribution in [2.45, 2.75) is 32.5 Å². The lowest BCUT2D eigenvalue weighted by Crippen LogP contribution is -2.13. The molecule has 20 heteroatoms. The molecule has 0 atom stereocenters. The largest absolute Gasteiger partial charge is 0.397 e. The van der Waals surface area contributed by atoms with Crippen molar-refractivity contribution >= 4 is 67.7 Å². The van der Waals surface area contributed by atoms with E-state index in [-0.39, 0.29) is 12.8 Å². The predicted octanol–water partition coefficient (Wildman–Crippen LogP) is 13.7. The number of nitrogen functional groups attached to an aromatic ring is 1. The van der Waals surface area contributed by atoms with Gasteiger partial charge in [-0.1, -0.05) is 146 Å². The van der Waals surface area contributed by atoms with Gasteiger partial charge in [-0.2, -0.15) is 0 Å². The molecule has 9 N–H and O–H groups in total. The molecule has 0 spiro atoms. The maximum atomic E-state index is 11.4. The summed E-state index contributed by atoms with van der Waals surface area (Å²) in [5.41, 5.74) is 32.5. The summed E-state index contributed by atoms with van der Waals surface area (Å²) < 4.78 is 0. The SMILES string of the molecule is NC(=O)Cc1cncc(-c2nc(NCc3ccccn3)c3c(-c4ccccc4)cccc3n2)c1.NC(=O)Cc1cncc(-c2nc(NCc3ccccn3)c3c(-c4ccccc4)cccc3n2)c1.Nc1cncc(-c2nc(NCc3ccccn3)c3c(-c4ccccc4)cccc3n2)c1. The topological polar surface area (TPSA) is 303 Å². The van der Waals surface area contributed by atoms with Gasteiger partial charge in [0.15, 0.2) is 17.5 Å². The van der Waals surface area contributed by atoms with Crippen molar-refractivity contribution in [2.24, 2.45) is 11.5 Å². The molecular weight excluding hydrogens is 1230 g/mol. The van der Waals surface area contributed by atoms with Crippen LogP contribution < -0.4 is 33.2 Å². The normalized spacial score (nSPS) is 10.8. The number of hydrogen-bond donors (Lipinski definition) is 6. The Balaban J connectivity index is 0.000000134. The van der Waals surface area contributed by atoms with Crippen molar-refractivity contribution in [1.82, 2.24) is 59.8 Å². The maximum Gasteiger partial charge on any atom is 0.221 e. The Bertz CT molecular complexity index is 5070. The smallest absolute Gasteiger partial charge is 0.221 e. The average Bonchev–Trinajstić information content (AvgIpc) is 0.786. The van der Waals surface area contributed by atoms with E-state index in [0.29, 0.717) is 65.6 Å². The van der Waals surface area contributed by atoms with Gasteiger partial charge in [0.25, 0.3) is 0 Å². The van der Waals surface area contributed by atoms with Crippen molar-refractivity contribution in [1.29, 1.82) is 0 Å². The van der Waals surface area contributed by atoms with Crippen LogP contribution in [0.3, 0.4) is 0 Å². The van der Waals surface area contributed by atoms with Crippen molar-refractivity contribution in [3.63, 3.8) is 0 Å². The summed E-state index contributed by atoms with van der Waals surface area (Å²) >= 11 is 0. The molecule has 0 aliphatic carbocycles. The van der Waals surface area contributed by atoms with Crippen LogP contribution in [0.5, 0.6) is 0 Å². The van der Waals surface area contributed by atoms with Crippen molar-refractivity contribution < 1.29 is 9.59 Å². The monoisotopic (exact) mass is 1300 g/mol. The lowest BCUT2D eigenvalue weighted by Gasteiger charge is -2.14. The Morgan fingerprint density at radius 1 is 0.323 bits per heavy atom. The average molecular weight is 1300 g/mol. The number of rotatable bonds is 19. The zero-order chi connectivity index (χ0) is 67.7. The number of nitrogens with one attached hydrogen (secondary N) is 3. The van der Waals surface area contributed by atoms with Crippen LogP contribution in [0.1, 0.15) is 28.2 Å². The van der Waals surface area contributed by atoms with E-state index in [0.717, 1.165) is 106 Å². The fourth-order valence-corrected chi connectivity index (χ4v) is 11.3. The number of carbonyl (C=O) groups excluding carboxylic acids is 2. The molecule has 2 amide bonds. The second-order valence-corrected chi connectivity index (χ2v) is 22.9. The van der Waals surface area contributed by atoms with Gasteiger partial charge in [-0.15, -0.1) is 0 Å². The Kier molecular flexibility index (Phi) is 19.8. The first-order valence-corrected chi connectivity index (χ1v) is 31.8. The number of pyridine rings is 6. The highest BCUT2D eigenvalue weighted by atomic mass is 16.1. The highest BCUT2D eigenvalue weighted by molar-refractivity contribution is 6.05. The first-order chi connectivity index (χ1) is 48.6. The van der Waals surface area contributed by atoms with Crippen LogP contribution in [0, 0.1) is 0 Å². The summed E-state index contributed by atoms with van der Waals surface area (Å²) in [7, 11) is 0. The minimum absolute atomic E-state index is 0.108. The predicted molar refractivity (Wildman–Crippen MR) is 390 cm³/mol. The highest BCUT2D eigenvalue weighted by Gasteiger charge is 2.19. The van der Waals surface area contributed by atoms with Gasteiger partial charge in [-0.25, -0.2) is 29.9 Å². The molecule has 0 fully saturated rings. The first-order valence-electron chi connectivity index (χ1n) is 31.8. The number of aromatic nitrogens is 12. The number of fused-ring (bicyclic) bond motifs is 3. The van der Waals surface area contributed by atoms with Gasteiger partial charge in [0.2, 0.25) is 11.8 Å².